The molecule has 3 aliphatic heterocycles. The van der Waals surface area contributed by atoms with Crippen LogP contribution in [0.5, 0.6) is 5.75 Å². The van der Waals surface area contributed by atoms with E-state index in [0.29, 0.717) is 12.4 Å². The normalized spacial score (nSPS) is 29.8. The zero-order chi connectivity index (χ0) is 26.4. The van der Waals surface area contributed by atoms with Crippen molar-refractivity contribution in [2.75, 3.05) is 12.4 Å². The number of aryl methyl sites for hydroxylation is 1. The van der Waals surface area contributed by atoms with Crippen molar-refractivity contribution in [2.24, 2.45) is 0 Å². The highest BCUT2D eigenvalue weighted by Crippen LogP contribution is 2.44. The summed E-state index contributed by atoms with van der Waals surface area (Å²) in [4.78, 5) is 12.3. The Labute approximate surface area is 221 Å². The number of hydrogen-bond acceptors (Lipinski definition) is 8. The van der Waals surface area contributed by atoms with Crippen LogP contribution in [-0.4, -0.2) is 65.7 Å². The Balaban J connectivity index is 1.48. The Morgan fingerprint density at radius 1 is 0.973 bits per heavy atom. The lowest BCUT2D eigenvalue weighted by molar-refractivity contribution is -0.362. The molecule has 0 radical (unpaired) electrons. The fourth-order valence-electron chi connectivity index (χ4n) is 5.13. The van der Waals surface area contributed by atoms with E-state index in [2.05, 4.69) is 6.92 Å². The third kappa shape index (κ3) is 5.53. The van der Waals surface area contributed by atoms with Crippen molar-refractivity contribution in [1.82, 2.24) is 0 Å². The summed E-state index contributed by atoms with van der Waals surface area (Å²) in [5.41, 5.74) is 2.86. The van der Waals surface area contributed by atoms with Crippen LogP contribution in [0.4, 0.5) is 0 Å². The van der Waals surface area contributed by atoms with Crippen LogP contribution in [0, 0.1) is 0 Å². The van der Waals surface area contributed by atoms with Crippen molar-refractivity contribution in [2.45, 2.75) is 88.2 Å². The van der Waals surface area contributed by atoms with Crippen molar-refractivity contribution in [3.63, 3.8) is 0 Å². The van der Waals surface area contributed by atoms with Gasteiger partial charge in [-0.1, -0.05) is 43.3 Å². The highest BCUT2D eigenvalue weighted by Gasteiger charge is 2.59. The lowest BCUT2D eigenvalue weighted by Gasteiger charge is -2.48. The molecule has 200 valence electrons. The first-order valence-electron chi connectivity index (χ1n) is 12.6. The quantitative estimate of drug-likeness (QED) is 0.504. The van der Waals surface area contributed by atoms with Gasteiger partial charge in [-0.15, -0.1) is 11.8 Å². The van der Waals surface area contributed by atoms with Crippen molar-refractivity contribution < 1.29 is 38.3 Å². The molecule has 9 heteroatoms. The minimum atomic E-state index is -0.858. The molecule has 5 rings (SSSR count). The van der Waals surface area contributed by atoms with E-state index in [1.54, 1.807) is 0 Å². The number of thioether (sulfide) groups is 1. The topological polar surface area (TPSA) is 92.7 Å². The number of carboxylic acid groups (broad SMARTS) is 1. The lowest BCUT2D eigenvalue weighted by Crippen LogP contribution is -2.64. The molecule has 0 amide bonds. The fourth-order valence-corrected chi connectivity index (χ4v) is 6.13. The molecule has 1 N–H and O–H groups in total. The molecule has 0 unspecified atom stereocenters. The van der Waals surface area contributed by atoms with Gasteiger partial charge in [-0.05, 0) is 51.3 Å². The number of aliphatic carboxylic acids is 1. The fraction of sp³-hybridized carbons (Fsp3) is 0.536. The molecule has 0 aromatic heterocycles. The van der Waals surface area contributed by atoms with Crippen LogP contribution in [0.25, 0.3) is 11.1 Å². The smallest absolute Gasteiger partial charge is 0.313 e. The van der Waals surface area contributed by atoms with Crippen LogP contribution in [0.2, 0.25) is 0 Å². The number of ether oxygens (including phenoxy) is 6. The van der Waals surface area contributed by atoms with E-state index in [1.165, 1.54) is 11.8 Å². The van der Waals surface area contributed by atoms with Crippen LogP contribution in [0.1, 0.15) is 40.2 Å². The van der Waals surface area contributed by atoms with E-state index in [9.17, 15) is 9.90 Å². The second-order valence-corrected chi connectivity index (χ2v) is 11.3. The van der Waals surface area contributed by atoms with Gasteiger partial charge in [0.15, 0.2) is 17.7 Å². The maximum Gasteiger partial charge on any atom is 0.313 e. The molecule has 3 fully saturated rings. The molecule has 0 spiro atoms. The van der Waals surface area contributed by atoms with Gasteiger partial charge < -0.3 is 33.5 Å². The molecule has 8 nitrogen and oxygen atoms in total. The zero-order valence-corrected chi connectivity index (χ0v) is 22.6. The number of fused-ring (bicyclic) bond motifs is 3. The number of hydrogen-bond donors (Lipinski definition) is 1. The zero-order valence-electron chi connectivity index (χ0n) is 21.8. The Bertz CT molecular complexity index is 1150. The third-order valence-corrected chi connectivity index (χ3v) is 7.85. The molecule has 37 heavy (non-hydrogen) atoms. The van der Waals surface area contributed by atoms with Gasteiger partial charge in [-0.3, -0.25) is 4.79 Å². The second-order valence-electron chi connectivity index (χ2n) is 10.3. The van der Waals surface area contributed by atoms with Crippen LogP contribution < -0.4 is 4.74 Å². The number of para-hydroxylation sites is 1. The first-order valence-corrected chi connectivity index (χ1v) is 13.6. The summed E-state index contributed by atoms with van der Waals surface area (Å²) in [6.45, 7) is 9.91. The van der Waals surface area contributed by atoms with E-state index >= 15 is 0 Å². The van der Waals surface area contributed by atoms with Crippen LogP contribution in [-0.2, 0) is 34.9 Å². The van der Waals surface area contributed by atoms with E-state index in [0.717, 1.165) is 28.0 Å². The minimum absolute atomic E-state index is 0.0256. The van der Waals surface area contributed by atoms with Crippen LogP contribution in [0.15, 0.2) is 47.4 Å². The summed E-state index contributed by atoms with van der Waals surface area (Å²) in [6.07, 6.45) is -1.61. The maximum absolute atomic E-state index is 11.4. The Kier molecular flexibility index (Phi) is 7.30. The summed E-state index contributed by atoms with van der Waals surface area (Å²) in [7, 11) is 0. The minimum Gasteiger partial charge on any atom is -0.481 e. The molecular weight excluding hydrogens is 496 g/mol. The van der Waals surface area contributed by atoms with E-state index in [-0.39, 0.29) is 24.1 Å². The molecule has 0 saturated carbocycles. The predicted molar refractivity (Wildman–Crippen MR) is 138 cm³/mol. The van der Waals surface area contributed by atoms with Crippen LogP contribution in [0.3, 0.4) is 0 Å². The molecule has 2 aromatic rings. The number of rotatable bonds is 7. The van der Waals surface area contributed by atoms with Gasteiger partial charge in [0, 0.05) is 10.5 Å². The Morgan fingerprint density at radius 3 is 2.43 bits per heavy atom. The van der Waals surface area contributed by atoms with Gasteiger partial charge in [0.1, 0.15) is 24.1 Å². The first-order chi connectivity index (χ1) is 17.6. The maximum atomic E-state index is 11.4. The van der Waals surface area contributed by atoms with Crippen molar-refractivity contribution in [3.8, 4) is 16.9 Å². The van der Waals surface area contributed by atoms with E-state index in [4.69, 9.17) is 28.4 Å². The van der Waals surface area contributed by atoms with Crippen molar-refractivity contribution in [1.29, 1.82) is 0 Å². The molecule has 3 aliphatic rings. The van der Waals surface area contributed by atoms with Crippen molar-refractivity contribution >= 4 is 17.7 Å². The molecule has 0 aliphatic carbocycles. The monoisotopic (exact) mass is 530 g/mol. The Hall–Kier alpha value is -2.14. The van der Waals surface area contributed by atoms with E-state index < -0.39 is 29.9 Å². The standard InChI is InChI=1S/C28H34O8S/c1-6-16-10-9-12-18(25(16)37-15-21(29)30)17-11-7-8-13-19(17)32-26-24-23(35-28(4,5)36-24)22-20(33-26)14-31-27(2,3)34-22/h7-13,20,22-24,26H,6,14-15H2,1-5H3,(H,29,30)/t20-,22-,23+,24+,26+/m1/s1. The first kappa shape index (κ1) is 26.5. The largest absolute Gasteiger partial charge is 0.481 e. The van der Waals surface area contributed by atoms with Crippen LogP contribution >= 0.6 is 11.8 Å². The second kappa shape index (κ2) is 10.2. The number of benzene rings is 2. The molecule has 0 bridgehead atoms. The van der Waals surface area contributed by atoms with Crippen molar-refractivity contribution in [3.05, 3.63) is 48.0 Å². The van der Waals surface area contributed by atoms with Gasteiger partial charge in [0.05, 0.1) is 12.4 Å². The number of carbonyl (C=O) groups is 1. The SMILES string of the molecule is CCc1cccc(-c2ccccc2O[C@H]2O[C@@H]3COC(C)(C)O[C@H]3[C@@H]3OC(C)(C)O[C@H]23)c1SCC(=O)O. The third-order valence-electron chi connectivity index (χ3n) is 6.68. The van der Waals surface area contributed by atoms with Gasteiger partial charge >= 0.3 is 5.97 Å². The number of carboxylic acids is 1. The summed E-state index contributed by atoms with van der Waals surface area (Å²) >= 11 is 1.32. The lowest BCUT2D eigenvalue weighted by atomic mass is 9.97. The molecular formula is C28H34O8S. The molecule has 5 atom stereocenters. The van der Waals surface area contributed by atoms with Gasteiger partial charge in [0.25, 0.3) is 0 Å². The summed E-state index contributed by atoms with van der Waals surface area (Å²) in [5, 5.41) is 9.32. The van der Waals surface area contributed by atoms with Gasteiger partial charge in [-0.25, -0.2) is 0 Å². The van der Waals surface area contributed by atoms with Gasteiger partial charge in [-0.2, -0.15) is 0 Å². The van der Waals surface area contributed by atoms with E-state index in [1.807, 2.05) is 70.2 Å². The highest BCUT2D eigenvalue weighted by atomic mass is 32.2. The summed E-state index contributed by atoms with van der Waals surface area (Å²) in [5.74, 6) is -1.84. The molecule has 3 saturated heterocycles. The highest BCUT2D eigenvalue weighted by molar-refractivity contribution is 8.00. The Morgan fingerprint density at radius 2 is 1.68 bits per heavy atom. The summed E-state index contributed by atoms with van der Waals surface area (Å²) in [6, 6.07) is 13.7. The molecule has 3 heterocycles. The average molecular weight is 531 g/mol. The summed E-state index contributed by atoms with van der Waals surface area (Å²) < 4.78 is 37.5. The van der Waals surface area contributed by atoms with Gasteiger partial charge in [0.2, 0.25) is 6.29 Å². The average Bonchev–Trinajstić information content (AvgIpc) is 3.18. The predicted octanol–water partition coefficient (Wildman–Crippen LogP) is 4.87. The molecule has 2 aromatic carbocycles.